The monoisotopic (exact) mass is 280 g/mol. The predicted molar refractivity (Wildman–Crippen MR) is 81.6 cm³/mol. The molecule has 0 aromatic carbocycles. The average Bonchev–Trinajstić information content (AvgIpc) is 2.40. The van der Waals surface area contributed by atoms with Gasteiger partial charge in [-0.15, -0.1) is 0 Å². The van der Waals surface area contributed by atoms with E-state index in [-0.39, 0.29) is 5.54 Å². The van der Waals surface area contributed by atoms with Gasteiger partial charge in [0.05, 0.1) is 31.2 Å². The van der Waals surface area contributed by atoms with Crippen LogP contribution in [0.4, 0.5) is 0 Å². The van der Waals surface area contributed by atoms with Gasteiger partial charge in [-0.25, -0.2) is 0 Å². The lowest BCUT2D eigenvalue weighted by atomic mass is 10.1. The van der Waals surface area contributed by atoms with Crippen LogP contribution in [0.2, 0.25) is 0 Å². The Morgan fingerprint density at radius 1 is 1.05 bits per heavy atom. The highest BCUT2D eigenvalue weighted by Crippen LogP contribution is 2.04. The molecule has 114 valence electrons. The van der Waals surface area contributed by atoms with Crippen LogP contribution in [0, 0.1) is 0 Å². The second-order valence-corrected chi connectivity index (χ2v) is 5.89. The molecule has 0 saturated heterocycles. The lowest BCUT2D eigenvalue weighted by Gasteiger charge is -2.20. The molecule has 0 aliphatic carbocycles. The molecule has 0 aliphatic heterocycles. The number of pyridine rings is 1. The minimum atomic E-state index is 0.102. The molecule has 0 amide bonds. The molecule has 0 unspecified atom stereocenters. The maximum Gasteiger partial charge on any atom is 0.0889 e. The molecule has 0 atom stereocenters. The van der Waals surface area contributed by atoms with Crippen LogP contribution in [-0.2, 0) is 22.6 Å². The molecular weight excluding hydrogens is 252 g/mol. The van der Waals surface area contributed by atoms with Crippen LogP contribution in [0.15, 0.2) is 18.2 Å². The highest BCUT2D eigenvalue weighted by atomic mass is 16.5. The summed E-state index contributed by atoms with van der Waals surface area (Å²) in [6.45, 7) is 11.9. The van der Waals surface area contributed by atoms with E-state index in [9.17, 15) is 0 Å². The van der Waals surface area contributed by atoms with Gasteiger partial charge in [-0.2, -0.15) is 0 Å². The van der Waals surface area contributed by atoms with Crippen molar-refractivity contribution in [3.8, 4) is 0 Å². The van der Waals surface area contributed by atoms with Crippen molar-refractivity contribution in [2.45, 2.75) is 52.8 Å². The van der Waals surface area contributed by atoms with Crippen molar-refractivity contribution in [2.75, 3.05) is 19.8 Å². The van der Waals surface area contributed by atoms with Gasteiger partial charge in [0.2, 0.25) is 0 Å². The number of hydrogen-bond acceptors (Lipinski definition) is 4. The average molecular weight is 280 g/mol. The fourth-order valence-electron chi connectivity index (χ4n) is 1.60. The maximum absolute atomic E-state index is 5.56. The van der Waals surface area contributed by atoms with Gasteiger partial charge in [0.1, 0.15) is 0 Å². The third kappa shape index (κ3) is 8.25. The quantitative estimate of drug-likeness (QED) is 0.706. The SMILES string of the molecule is CCCOCCOCc1cccc(CNC(C)(C)C)n1. The van der Waals surface area contributed by atoms with Gasteiger partial charge in [-0.05, 0) is 39.3 Å². The third-order valence-corrected chi connectivity index (χ3v) is 2.63. The van der Waals surface area contributed by atoms with E-state index in [4.69, 9.17) is 9.47 Å². The number of hydrogen-bond donors (Lipinski definition) is 1. The van der Waals surface area contributed by atoms with Gasteiger partial charge in [0.25, 0.3) is 0 Å². The number of aromatic nitrogens is 1. The summed E-state index contributed by atoms with van der Waals surface area (Å²) in [5, 5.41) is 3.43. The molecular formula is C16H28N2O2. The first-order valence-corrected chi connectivity index (χ1v) is 7.36. The van der Waals surface area contributed by atoms with Crippen molar-refractivity contribution in [3.05, 3.63) is 29.6 Å². The minimum absolute atomic E-state index is 0.102. The predicted octanol–water partition coefficient (Wildman–Crippen LogP) is 2.91. The van der Waals surface area contributed by atoms with Crippen molar-refractivity contribution in [1.82, 2.24) is 10.3 Å². The van der Waals surface area contributed by atoms with Crippen molar-refractivity contribution in [3.63, 3.8) is 0 Å². The smallest absolute Gasteiger partial charge is 0.0889 e. The Labute approximate surface area is 122 Å². The zero-order chi connectivity index (χ0) is 14.8. The molecule has 0 saturated carbocycles. The van der Waals surface area contributed by atoms with E-state index in [1.54, 1.807) is 0 Å². The first-order chi connectivity index (χ1) is 9.51. The normalized spacial score (nSPS) is 11.8. The molecule has 0 aliphatic rings. The zero-order valence-electron chi connectivity index (χ0n) is 13.2. The number of nitrogens with one attached hydrogen (secondary N) is 1. The van der Waals surface area contributed by atoms with E-state index < -0.39 is 0 Å². The highest BCUT2D eigenvalue weighted by molar-refractivity contribution is 5.10. The van der Waals surface area contributed by atoms with Crippen LogP contribution < -0.4 is 5.32 Å². The maximum atomic E-state index is 5.56. The molecule has 1 heterocycles. The molecule has 4 heteroatoms. The van der Waals surface area contributed by atoms with Gasteiger partial charge < -0.3 is 14.8 Å². The highest BCUT2D eigenvalue weighted by Gasteiger charge is 2.08. The molecule has 0 spiro atoms. The first-order valence-electron chi connectivity index (χ1n) is 7.36. The van der Waals surface area contributed by atoms with Crippen molar-refractivity contribution in [2.24, 2.45) is 0 Å². The molecule has 1 N–H and O–H groups in total. The van der Waals surface area contributed by atoms with Crippen LogP contribution in [0.25, 0.3) is 0 Å². The van der Waals surface area contributed by atoms with E-state index >= 15 is 0 Å². The number of nitrogens with zero attached hydrogens (tertiary/aromatic N) is 1. The Hall–Kier alpha value is -0.970. The van der Waals surface area contributed by atoms with Crippen LogP contribution in [-0.4, -0.2) is 30.3 Å². The van der Waals surface area contributed by atoms with Crippen LogP contribution >= 0.6 is 0 Å². The number of rotatable bonds is 9. The molecule has 0 fully saturated rings. The lowest BCUT2D eigenvalue weighted by Crippen LogP contribution is -2.35. The van der Waals surface area contributed by atoms with E-state index in [1.807, 2.05) is 18.2 Å². The fourth-order valence-corrected chi connectivity index (χ4v) is 1.60. The van der Waals surface area contributed by atoms with E-state index in [1.165, 1.54) is 0 Å². The standard InChI is InChI=1S/C16H28N2O2/c1-5-9-19-10-11-20-13-15-8-6-7-14(18-15)12-17-16(2,3)4/h6-8,17H,5,9-13H2,1-4H3. The van der Waals surface area contributed by atoms with E-state index in [0.29, 0.717) is 19.8 Å². The van der Waals surface area contributed by atoms with Crippen molar-refractivity contribution in [1.29, 1.82) is 0 Å². The zero-order valence-corrected chi connectivity index (χ0v) is 13.2. The summed E-state index contributed by atoms with van der Waals surface area (Å²) in [5.74, 6) is 0. The summed E-state index contributed by atoms with van der Waals surface area (Å²) in [5.41, 5.74) is 2.11. The lowest BCUT2D eigenvalue weighted by molar-refractivity contribution is 0.0397. The summed E-state index contributed by atoms with van der Waals surface area (Å²) in [4.78, 5) is 4.58. The second-order valence-electron chi connectivity index (χ2n) is 5.89. The van der Waals surface area contributed by atoms with Crippen molar-refractivity contribution < 1.29 is 9.47 Å². The Bertz CT molecular complexity index is 375. The van der Waals surface area contributed by atoms with Crippen LogP contribution in [0.5, 0.6) is 0 Å². The largest absolute Gasteiger partial charge is 0.379 e. The van der Waals surface area contributed by atoms with Gasteiger partial charge in [0.15, 0.2) is 0 Å². The summed E-state index contributed by atoms with van der Waals surface area (Å²) in [6.07, 6.45) is 1.05. The molecule has 0 bridgehead atoms. The Morgan fingerprint density at radius 3 is 2.45 bits per heavy atom. The van der Waals surface area contributed by atoms with Crippen molar-refractivity contribution >= 4 is 0 Å². The molecule has 1 rings (SSSR count). The summed E-state index contributed by atoms with van der Waals surface area (Å²) in [6, 6.07) is 6.05. The van der Waals surface area contributed by atoms with Gasteiger partial charge in [0, 0.05) is 18.7 Å². The summed E-state index contributed by atoms with van der Waals surface area (Å²) >= 11 is 0. The van der Waals surface area contributed by atoms with Gasteiger partial charge >= 0.3 is 0 Å². The number of ether oxygens (including phenoxy) is 2. The topological polar surface area (TPSA) is 43.4 Å². The Kier molecular flexibility index (Phi) is 7.73. The molecule has 1 aromatic heterocycles. The van der Waals surface area contributed by atoms with Gasteiger partial charge in [-0.3, -0.25) is 4.98 Å². The molecule has 20 heavy (non-hydrogen) atoms. The van der Waals surface area contributed by atoms with Crippen LogP contribution in [0.3, 0.4) is 0 Å². The summed E-state index contributed by atoms with van der Waals surface area (Å²) < 4.78 is 10.9. The fraction of sp³-hybridized carbons (Fsp3) is 0.688. The van der Waals surface area contributed by atoms with E-state index in [0.717, 1.165) is 31.0 Å². The summed E-state index contributed by atoms with van der Waals surface area (Å²) in [7, 11) is 0. The molecule has 4 nitrogen and oxygen atoms in total. The Morgan fingerprint density at radius 2 is 1.75 bits per heavy atom. The molecule has 1 aromatic rings. The Balaban J connectivity index is 2.29. The first kappa shape index (κ1) is 17.1. The third-order valence-electron chi connectivity index (χ3n) is 2.63. The molecule has 0 radical (unpaired) electrons. The second kappa shape index (κ2) is 9.06. The van der Waals surface area contributed by atoms with E-state index in [2.05, 4.69) is 38.0 Å². The minimum Gasteiger partial charge on any atom is -0.379 e. The van der Waals surface area contributed by atoms with Crippen LogP contribution in [0.1, 0.15) is 45.5 Å². The van der Waals surface area contributed by atoms with Gasteiger partial charge in [-0.1, -0.05) is 13.0 Å².